The molecule has 0 saturated heterocycles. The third kappa shape index (κ3) is 2.00. The molecule has 2 rings (SSSR count). The highest BCUT2D eigenvalue weighted by Gasteiger charge is 2.00. The highest BCUT2D eigenvalue weighted by Crippen LogP contribution is 2.17. The van der Waals surface area contributed by atoms with E-state index in [1.807, 2.05) is 6.07 Å². The Morgan fingerprint density at radius 3 is 2.50 bits per heavy atom. The maximum Gasteiger partial charge on any atom is 0.222 e. The van der Waals surface area contributed by atoms with Crippen LogP contribution in [0.15, 0.2) is 30.6 Å². The first-order valence-electron chi connectivity index (χ1n) is 3.86. The van der Waals surface area contributed by atoms with Gasteiger partial charge in [-0.25, -0.2) is 15.0 Å². The minimum Gasteiger partial charge on any atom is -0.244 e. The average Bonchev–Trinajstić information content (AvgIpc) is 2.19. The minimum absolute atomic E-state index is 0.220. The lowest BCUT2D eigenvalue weighted by atomic mass is 10.2. The summed E-state index contributed by atoms with van der Waals surface area (Å²) in [6.07, 6.45) is 3.24. The molecule has 0 atom stereocenters. The van der Waals surface area contributed by atoms with E-state index in [0.29, 0.717) is 5.15 Å². The molecule has 0 amide bonds. The van der Waals surface area contributed by atoms with Gasteiger partial charge < -0.3 is 0 Å². The predicted octanol–water partition coefficient (Wildman–Crippen LogP) is 2.85. The van der Waals surface area contributed by atoms with E-state index in [9.17, 15) is 0 Å². The maximum absolute atomic E-state index is 5.66. The second-order valence-corrected chi connectivity index (χ2v) is 3.31. The fourth-order valence-electron chi connectivity index (χ4n) is 1.02. The molecule has 2 aromatic rings. The third-order valence-corrected chi connectivity index (χ3v) is 2.06. The molecule has 70 valence electrons. The third-order valence-electron chi connectivity index (χ3n) is 1.65. The number of hydrogen-bond donors (Lipinski definition) is 0. The summed E-state index contributed by atoms with van der Waals surface area (Å²) >= 11 is 11.3. The van der Waals surface area contributed by atoms with E-state index in [0.717, 1.165) is 11.3 Å². The number of pyridine rings is 1. The monoisotopic (exact) mass is 225 g/mol. The van der Waals surface area contributed by atoms with Crippen LogP contribution in [0.1, 0.15) is 0 Å². The van der Waals surface area contributed by atoms with Gasteiger partial charge in [-0.15, -0.1) is 0 Å². The van der Waals surface area contributed by atoms with Gasteiger partial charge in [0.2, 0.25) is 5.28 Å². The maximum atomic E-state index is 5.66. The second-order valence-electron chi connectivity index (χ2n) is 2.58. The molecule has 0 N–H and O–H groups in total. The molecule has 0 aliphatic carbocycles. The van der Waals surface area contributed by atoms with Crippen molar-refractivity contribution in [3.05, 3.63) is 41.0 Å². The van der Waals surface area contributed by atoms with Crippen molar-refractivity contribution in [2.45, 2.75) is 0 Å². The SMILES string of the molecule is Clc1ccc(-c2ccnc(Cl)n2)cn1. The number of halogens is 2. The van der Waals surface area contributed by atoms with Gasteiger partial charge in [-0.3, -0.25) is 0 Å². The van der Waals surface area contributed by atoms with Gasteiger partial charge in [0.25, 0.3) is 0 Å². The fourth-order valence-corrected chi connectivity index (χ4v) is 1.28. The average molecular weight is 226 g/mol. The molecule has 14 heavy (non-hydrogen) atoms. The van der Waals surface area contributed by atoms with Gasteiger partial charge in [-0.2, -0.15) is 0 Å². The predicted molar refractivity (Wildman–Crippen MR) is 55.3 cm³/mol. The normalized spacial score (nSPS) is 10.1. The smallest absolute Gasteiger partial charge is 0.222 e. The number of nitrogens with zero attached hydrogens (tertiary/aromatic N) is 3. The summed E-state index contributed by atoms with van der Waals surface area (Å²) in [4.78, 5) is 11.8. The first kappa shape index (κ1) is 9.37. The molecular weight excluding hydrogens is 221 g/mol. The van der Waals surface area contributed by atoms with E-state index in [4.69, 9.17) is 23.2 Å². The Bertz CT molecular complexity index is 442. The van der Waals surface area contributed by atoms with E-state index >= 15 is 0 Å². The Hall–Kier alpha value is -1.19. The molecule has 2 heterocycles. The zero-order chi connectivity index (χ0) is 9.97. The van der Waals surface area contributed by atoms with Crippen molar-refractivity contribution in [3.8, 4) is 11.3 Å². The second kappa shape index (κ2) is 3.90. The lowest BCUT2D eigenvalue weighted by Gasteiger charge is -1.99. The molecule has 3 nitrogen and oxygen atoms in total. The Morgan fingerprint density at radius 1 is 1.00 bits per heavy atom. The summed E-state index contributed by atoms with van der Waals surface area (Å²) < 4.78 is 0. The quantitative estimate of drug-likeness (QED) is 0.554. The highest BCUT2D eigenvalue weighted by atomic mass is 35.5. The van der Waals surface area contributed by atoms with E-state index in [1.165, 1.54) is 0 Å². The summed E-state index contributed by atoms with van der Waals surface area (Å²) in [6.45, 7) is 0. The highest BCUT2D eigenvalue weighted by molar-refractivity contribution is 6.29. The van der Waals surface area contributed by atoms with E-state index in [1.54, 1.807) is 24.5 Å². The van der Waals surface area contributed by atoms with Crippen LogP contribution in [0.25, 0.3) is 11.3 Å². The lowest BCUT2D eigenvalue weighted by molar-refractivity contribution is 1.17. The Balaban J connectivity index is 2.44. The van der Waals surface area contributed by atoms with Crippen LogP contribution < -0.4 is 0 Å². The molecule has 0 bridgehead atoms. The first-order chi connectivity index (χ1) is 6.75. The topological polar surface area (TPSA) is 38.7 Å². The molecule has 0 radical (unpaired) electrons. The van der Waals surface area contributed by atoms with Crippen LogP contribution in [0.2, 0.25) is 10.4 Å². The van der Waals surface area contributed by atoms with Crippen LogP contribution in [-0.2, 0) is 0 Å². The van der Waals surface area contributed by atoms with Gasteiger partial charge in [0.1, 0.15) is 5.15 Å². The Labute approximate surface area is 90.8 Å². The van der Waals surface area contributed by atoms with Crippen LogP contribution in [-0.4, -0.2) is 15.0 Å². The minimum atomic E-state index is 0.220. The summed E-state index contributed by atoms with van der Waals surface area (Å²) in [7, 11) is 0. The Kier molecular flexibility index (Phi) is 2.61. The van der Waals surface area contributed by atoms with Gasteiger partial charge >= 0.3 is 0 Å². The van der Waals surface area contributed by atoms with E-state index < -0.39 is 0 Å². The van der Waals surface area contributed by atoms with Gasteiger partial charge in [0.15, 0.2) is 0 Å². The lowest BCUT2D eigenvalue weighted by Crippen LogP contribution is -1.87. The molecule has 0 spiro atoms. The van der Waals surface area contributed by atoms with Crippen molar-refractivity contribution in [2.75, 3.05) is 0 Å². The molecule has 2 aromatic heterocycles. The van der Waals surface area contributed by atoms with Crippen molar-refractivity contribution in [3.63, 3.8) is 0 Å². The largest absolute Gasteiger partial charge is 0.244 e. The summed E-state index contributed by atoms with van der Waals surface area (Å²) in [5.74, 6) is 0. The Morgan fingerprint density at radius 2 is 1.86 bits per heavy atom. The van der Waals surface area contributed by atoms with E-state index in [2.05, 4.69) is 15.0 Å². The van der Waals surface area contributed by atoms with E-state index in [-0.39, 0.29) is 5.28 Å². The first-order valence-corrected chi connectivity index (χ1v) is 4.62. The van der Waals surface area contributed by atoms with Crippen LogP contribution in [0, 0.1) is 0 Å². The van der Waals surface area contributed by atoms with Crippen molar-refractivity contribution >= 4 is 23.2 Å². The molecule has 0 aromatic carbocycles. The van der Waals surface area contributed by atoms with Gasteiger partial charge in [-0.1, -0.05) is 11.6 Å². The van der Waals surface area contributed by atoms with Crippen LogP contribution >= 0.6 is 23.2 Å². The molecule has 0 fully saturated rings. The van der Waals surface area contributed by atoms with Crippen molar-refractivity contribution in [2.24, 2.45) is 0 Å². The summed E-state index contributed by atoms with van der Waals surface area (Å²) in [5, 5.41) is 0.673. The van der Waals surface area contributed by atoms with Crippen LogP contribution in [0.3, 0.4) is 0 Å². The molecule has 0 aliphatic heterocycles. The molecule has 0 saturated carbocycles. The van der Waals surface area contributed by atoms with Crippen molar-refractivity contribution in [1.29, 1.82) is 0 Å². The number of rotatable bonds is 1. The molecule has 0 aliphatic rings. The summed E-state index contributed by atoms with van der Waals surface area (Å²) in [5.41, 5.74) is 1.59. The molecular formula is C9H5Cl2N3. The van der Waals surface area contributed by atoms with Crippen molar-refractivity contribution < 1.29 is 0 Å². The zero-order valence-electron chi connectivity index (χ0n) is 6.98. The van der Waals surface area contributed by atoms with Crippen LogP contribution in [0.4, 0.5) is 0 Å². The molecule has 0 unspecified atom stereocenters. The fraction of sp³-hybridized carbons (Fsp3) is 0. The zero-order valence-corrected chi connectivity index (χ0v) is 8.50. The van der Waals surface area contributed by atoms with Gasteiger partial charge in [-0.05, 0) is 29.8 Å². The van der Waals surface area contributed by atoms with Crippen LogP contribution in [0.5, 0.6) is 0 Å². The van der Waals surface area contributed by atoms with Crippen molar-refractivity contribution in [1.82, 2.24) is 15.0 Å². The number of hydrogen-bond acceptors (Lipinski definition) is 3. The van der Waals surface area contributed by atoms with Gasteiger partial charge in [0, 0.05) is 18.0 Å². The van der Waals surface area contributed by atoms with Gasteiger partial charge in [0.05, 0.1) is 5.69 Å². The number of aromatic nitrogens is 3. The standard InChI is InChI=1S/C9H5Cl2N3/c10-8-2-1-6(5-13-8)7-3-4-12-9(11)14-7/h1-5H. The summed E-state index contributed by atoms with van der Waals surface area (Å²) in [6, 6.07) is 5.29. The molecule has 5 heteroatoms.